The van der Waals surface area contributed by atoms with Crippen LogP contribution in [0.5, 0.6) is 0 Å². The lowest BCUT2D eigenvalue weighted by atomic mass is 10.1. The summed E-state index contributed by atoms with van der Waals surface area (Å²) < 4.78 is 2.21. The molecule has 0 aliphatic heterocycles. The van der Waals surface area contributed by atoms with Crippen molar-refractivity contribution < 1.29 is 4.79 Å². The first-order valence-corrected chi connectivity index (χ1v) is 8.78. The van der Waals surface area contributed by atoms with Crippen LogP contribution in [0.4, 0.5) is 5.13 Å². The van der Waals surface area contributed by atoms with Gasteiger partial charge in [0.25, 0.3) is 5.91 Å². The summed E-state index contributed by atoms with van der Waals surface area (Å²) >= 11 is 3.15. The molecule has 4 aromatic rings. The number of carbonyl (C=O) groups excluding carboxylic acids is 1. The fourth-order valence-electron chi connectivity index (χ4n) is 2.49. The Morgan fingerprint density at radius 1 is 1.00 bits per heavy atom. The normalized spacial score (nSPS) is 11.2. The third kappa shape index (κ3) is 2.60. The number of aromatic nitrogens is 2. The minimum atomic E-state index is -0.135. The van der Waals surface area contributed by atoms with Crippen molar-refractivity contribution >= 4 is 54.1 Å². The molecule has 1 amide bonds. The second-order valence-corrected chi connectivity index (χ2v) is 7.54. The van der Waals surface area contributed by atoms with Crippen molar-refractivity contribution in [3.8, 4) is 0 Å². The summed E-state index contributed by atoms with van der Waals surface area (Å²) in [5, 5.41) is 4.55. The van der Waals surface area contributed by atoms with Gasteiger partial charge in [0.2, 0.25) is 0 Å². The number of thiazole rings is 2. The third-order valence-corrected chi connectivity index (χ3v) is 5.66. The van der Waals surface area contributed by atoms with Crippen LogP contribution in [0.3, 0.4) is 0 Å². The average Bonchev–Trinajstić information content (AvgIpc) is 3.08. The third-order valence-electron chi connectivity index (χ3n) is 3.52. The Kier molecular flexibility index (Phi) is 3.36. The van der Waals surface area contributed by atoms with E-state index in [4.69, 9.17) is 0 Å². The molecule has 0 radical (unpaired) electrons. The zero-order valence-corrected chi connectivity index (χ0v) is 14.2. The highest BCUT2D eigenvalue weighted by molar-refractivity contribution is 7.28. The molecule has 4 rings (SSSR count). The number of rotatable bonds is 2. The van der Waals surface area contributed by atoms with Gasteiger partial charge in [-0.25, -0.2) is 9.97 Å². The summed E-state index contributed by atoms with van der Waals surface area (Å²) in [5.41, 5.74) is 3.58. The standard InChI is InChI=1S/C17H13N3OS2/c1-9-4-3-5-11(8-9)16(21)20-17-19-13-7-6-12-14(15(13)23-17)22-10(2)18-12/h3-8H,1-2H3,(H,19,20,21). The van der Waals surface area contributed by atoms with Crippen molar-refractivity contribution in [3.63, 3.8) is 0 Å². The van der Waals surface area contributed by atoms with Crippen LogP contribution in [-0.4, -0.2) is 15.9 Å². The van der Waals surface area contributed by atoms with Crippen LogP contribution < -0.4 is 5.32 Å². The van der Waals surface area contributed by atoms with Gasteiger partial charge in [-0.05, 0) is 38.1 Å². The summed E-state index contributed by atoms with van der Waals surface area (Å²) in [7, 11) is 0. The lowest BCUT2D eigenvalue weighted by Crippen LogP contribution is -2.11. The molecule has 0 saturated heterocycles. The number of nitrogens with zero attached hydrogens (tertiary/aromatic N) is 2. The van der Waals surface area contributed by atoms with Crippen LogP contribution >= 0.6 is 22.7 Å². The van der Waals surface area contributed by atoms with Crippen molar-refractivity contribution in [2.24, 2.45) is 0 Å². The fourth-order valence-corrected chi connectivity index (χ4v) is 4.49. The predicted octanol–water partition coefficient (Wildman–Crippen LogP) is 4.78. The Labute approximate surface area is 140 Å². The van der Waals surface area contributed by atoms with E-state index < -0.39 is 0 Å². The maximum atomic E-state index is 12.4. The van der Waals surface area contributed by atoms with E-state index in [9.17, 15) is 4.79 Å². The molecule has 4 nitrogen and oxygen atoms in total. The fraction of sp³-hybridized carbons (Fsp3) is 0.118. The number of anilines is 1. The van der Waals surface area contributed by atoms with Gasteiger partial charge in [-0.15, -0.1) is 11.3 Å². The number of carbonyl (C=O) groups is 1. The van der Waals surface area contributed by atoms with Gasteiger partial charge in [-0.3, -0.25) is 10.1 Å². The lowest BCUT2D eigenvalue weighted by Gasteiger charge is -2.02. The smallest absolute Gasteiger partial charge is 0.257 e. The largest absolute Gasteiger partial charge is 0.298 e. The first kappa shape index (κ1) is 14.3. The minimum absolute atomic E-state index is 0.135. The summed E-state index contributed by atoms with van der Waals surface area (Å²) in [5.74, 6) is -0.135. The van der Waals surface area contributed by atoms with Gasteiger partial charge in [0.1, 0.15) is 0 Å². The molecule has 6 heteroatoms. The van der Waals surface area contributed by atoms with Gasteiger partial charge in [0, 0.05) is 5.56 Å². The Bertz CT molecular complexity index is 1050. The molecule has 1 N–H and O–H groups in total. The highest BCUT2D eigenvalue weighted by atomic mass is 32.1. The van der Waals surface area contributed by atoms with Gasteiger partial charge in [0.05, 0.1) is 25.4 Å². The number of hydrogen-bond donors (Lipinski definition) is 1. The van der Waals surface area contributed by atoms with E-state index in [0.717, 1.165) is 31.0 Å². The summed E-state index contributed by atoms with van der Waals surface area (Å²) in [6.07, 6.45) is 0. The average molecular weight is 339 g/mol. The van der Waals surface area contributed by atoms with Crippen LogP contribution in [0.15, 0.2) is 36.4 Å². The zero-order valence-electron chi connectivity index (χ0n) is 12.6. The second-order valence-electron chi connectivity index (χ2n) is 5.34. The molecule has 2 aromatic heterocycles. The van der Waals surface area contributed by atoms with Crippen LogP contribution in [0.2, 0.25) is 0 Å². The molecule has 23 heavy (non-hydrogen) atoms. The van der Waals surface area contributed by atoms with Crippen molar-refractivity contribution in [2.75, 3.05) is 5.32 Å². The van der Waals surface area contributed by atoms with Crippen molar-refractivity contribution in [2.45, 2.75) is 13.8 Å². The molecule has 0 spiro atoms. The van der Waals surface area contributed by atoms with Crippen molar-refractivity contribution in [1.29, 1.82) is 0 Å². The van der Waals surface area contributed by atoms with E-state index in [-0.39, 0.29) is 5.91 Å². The van der Waals surface area contributed by atoms with E-state index >= 15 is 0 Å². The summed E-state index contributed by atoms with van der Waals surface area (Å²) in [6.45, 7) is 3.97. The molecule has 0 atom stereocenters. The highest BCUT2D eigenvalue weighted by Gasteiger charge is 2.13. The molecule has 2 aromatic carbocycles. The number of nitrogens with one attached hydrogen (secondary N) is 1. The van der Waals surface area contributed by atoms with Gasteiger partial charge in [0.15, 0.2) is 5.13 Å². The topological polar surface area (TPSA) is 54.9 Å². The lowest BCUT2D eigenvalue weighted by molar-refractivity contribution is 0.102. The maximum Gasteiger partial charge on any atom is 0.257 e. The highest BCUT2D eigenvalue weighted by Crippen LogP contribution is 2.35. The first-order chi connectivity index (χ1) is 11.1. The molecule has 2 heterocycles. The number of benzene rings is 2. The quantitative estimate of drug-likeness (QED) is 0.572. The number of fused-ring (bicyclic) bond motifs is 3. The molecule has 0 aliphatic rings. The van der Waals surface area contributed by atoms with Crippen molar-refractivity contribution in [1.82, 2.24) is 9.97 Å². The number of aryl methyl sites for hydroxylation is 2. The number of amides is 1. The van der Waals surface area contributed by atoms with E-state index in [0.29, 0.717) is 10.7 Å². The van der Waals surface area contributed by atoms with E-state index in [1.165, 1.54) is 11.3 Å². The van der Waals surface area contributed by atoms with E-state index in [1.807, 2.05) is 44.2 Å². The van der Waals surface area contributed by atoms with Gasteiger partial charge in [-0.2, -0.15) is 0 Å². The Balaban J connectivity index is 1.72. The molecule has 0 saturated carbocycles. The zero-order chi connectivity index (χ0) is 16.0. The molecule has 0 aliphatic carbocycles. The SMILES string of the molecule is Cc1cccc(C(=O)Nc2nc3ccc4nc(C)sc4c3s2)c1. The molecular weight excluding hydrogens is 326 g/mol. The van der Waals surface area contributed by atoms with Crippen LogP contribution in [0, 0.1) is 13.8 Å². The van der Waals surface area contributed by atoms with Gasteiger partial charge in [-0.1, -0.05) is 29.0 Å². The summed E-state index contributed by atoms with van der Waals surface area (Å²) in [6, 6.07) is 11.5. The van der Waals surface area contributed by atoms with Crippen LogP contribution in [0.1, 0.15) is 20.9 Å². The van der Waals surface area contributed by atoms with Gasteiger partial charge >= 0.3 is 0 Å². The summed E-state index contributed by atoms with van der Waals surface area (Å²) in [4.78, 5) is 21.4. The van der Waals surface area contributed by atoms with Crippen LogP contribution in [-0.2, 0) is 0 Å². The Morgan fingerprint density at radius 2 is 1.74 bits per heavy atom. The van der Waals surface area contributed by atoms with E-state index in [2.05, 4.69) is 15.3 Å². The molecular formula is C17H13N3OS2. The number of hydrogen-bond acceptors (Lipinski definition) is 5. The first-order valence-electron chi connectivity index (χ1n) is 7.15. The van der Waals surface area contributed by atoms with Gasteiger partial charge < -0.3 is 0 Å². The molecule has 0 unspecified atom stereocenters. The molecule has 114 valence electrons. The minimum Gasteiger partial charge on any atom is -0.298 e. The second kappa shape index (κ2) is 5.40. The van der Waals surface area contributed by atoms with Crippen molar-refractivity contribution in [3.05, 3.63) is 52.5 Å². The molecule has 0 bridgehead atoms. The van der Waals surface area contributed by atoms with E-state index in [1.54, 1.807) is 17.4 Å². The monoisotopic (exact) mass is 339 g/mol. The maximum absolute atomic E-state index is 12.4. The Morgan fingerprint density at radius 3 is 2.52 bits per heavy atom. The predicted molar refractivity (Wildman–Crippen MR) is 96.7 cm³/mol. The Hall–Kier alpha value is -2.31. The molecule has 0 fully saturated rings. The van der Waals surface area contributed by atoms with Crippen LogP contribution in [0.25, 0.3) is 20.4 Å².